The molecule has 4 atom stereocenters. The number of amides is 2. The lowest BCUT2D eigenvalue weighted by Crippen LogP contribution is -2.66. The third-order valence-corrected chi connectivity index (χ3v) is 7.73. The van der Waals surface area contributed by atoms with Crippen molar-refractivity contribution in [1.82, 2.24) is 9.88 Å². The fourth-order valence-electron chi connectivity index (χ4n) is 5.48. The van der Waals surface area contributed by atoms with Crippen LogP contribution in [0.3, 0.4) is 0 Å². The normalized spacial score (nSPS) is 27.5. The van der Waals surface area contributed by atoms with Gasteiger partial charge in [0.15, 0.2) is 5.58 Å². The number of nitrogens with zero attached hydrogens (tertiary/aromatic N) is 2. The van der Waals surface area contributed by atoms with E-state index in [2.05, 4.69) is 19.2 Å². The molecule has 2 aromatic heterocycles. The zero-order valence-electron chi connectivity index (χ0n) is 19.6. The minimum absolute atomic E-state index is 0.0975. The van der Waals surface area contributed by atoms with E-state index >= 15 is 0 Å². The van der Waals surface area contributed by atoms with Gasteiger partial charge in [0.05, 0.1) is 25.4 Å². The lowest BCUT2D eigenvalue weighted by Gasteiger charge is -2.45. The second-order valence-corrected chi connectivity index (χ2v) is 9.75. The van der Waals surface area contributed by atoms with Crippen LogP contribution >= 0.6 is 0 Å². The molecule has 5 rings (SSSR count). The number of rotatable bonds is 4. The second-order valence-electron chi connectivity index (χ2n) is 9.75. The number of hydrogen-bond acceptors (Lipinski definition) is 4. The summed E-state index contributed by atoms with van der Waals surface area (Å²) in [6.45, 7) is 6.64. The summed E-state index contributed by atoms with van der Waals surface area (Å²) >= 11 is 0. The Bertz CT molecular complexity index is 1210. The molecule has 1 aromatic carbocycles. The van der Waals surface area contributed by atoms with Crippen molar-refractivity contribution in [3.8, 4) is 5.75 Å². The van der Waals surface area contributed by atoms with Gasteiger partial charge in [-0.25, -0.2) is 0 Å². The van der Waals surface area contributed by atoms with Crippen LogP contribution in [0.15, 0.2) is 47.1 Å². The first-order valence-corrected chi connectivity index (χ1v) is 11.7. The predicted molar refractivity (Wildman–Crippen MR) is 127 cm³/mol. The van der Waals surface area contributed by atoms with Crippen LogP contribution in [0.2, 0.25) is 0 Å². The number of ether oxygens (including phenoxy) is 1. The van der Waals surface area contributed by atoms with Crippen molar-refractivity contribution in [3.63, 3.8) is 0 Å². The van der Waals surface area contributed by atoms with E-state index in [1.165, 1.54) is 6.42 Å². The zero-order valence-corrected chi connectivity index (χ0v) is 19.6. The molecule has 0 saturated heterocycles. The molecular weight excluding hydrogens is 418 g/mol. The highest BCUT2D eigenvalue weighted by Gasteiger charge is 2.49. The number of benzene rings is 1. The summed E-state index contributed by atoms with van der Waals surface area (Å²) in [5.41, 5.74) is 1.48. The largest absolute Gasteiger partial charge is 0.497 e. The van der Waals surface area contributed by atoms with E-state index in [9.17, 15) is 9.59 Å². The number of aromatic nitrogens is 1. The summed E-state index contributed by atoms with van der Waals surface area (Å²) in [6.07, 6.45) is 4.86. The highest BCUT2D eigenvalue weighted by Crippen LogP contribution is 2.38. The Labute approximate surface area is 193 Å². The maximum atomic E-state index is 14.0. The molecule has 2 amide bonds. The van der Waals surface area contributed by atoms with Crippen molar-refractivity contribution in [1.29, 1.82) is 0 Å². The van der Waals surface area contributed by atoms with E-state index in [1.54, 1.807) is 30.4 Å². The Morgan fingerprint density at radius 3 is 2.82 bits per heavy atom. The molecule has 1 aliphatic carbocycles. The van der Waals surface area contributed by atoms with Gasteiger partial charge in [0.1, 0.15) is 17.0 Å². The molecule has 7 nitrogen and oxygen atoms in total. The molecule has 1 aliphatic heterocycles. The first kappa shape index (κ1) is 21.6. The average Bonchev–Trinajstić information content (AvgIpc) is 3.39. The van der Waals surface area contributed by atoms with Crippen LogP contribution in [0.5, 0.6) is 5.75 Å². The molecule has 2 aliphatic rings. The van der Waals surface area contributed by atoms with E-state index in [4.69, 9.17) is 9.15 Å². The number of carbonyl (C=O) groups excluding carboxylic acids is 2. The van der Waals surface area contributed by atoms with Crippen LogP contribution in [-0.4, -0.2) is 35.1 Å². The lowest BCUT2D eigenvalue weighted by atomic mass is 9.77. The molecule has 1 saturated carbocycles. The van der Waals surface area contributed by atoms with E-state index < -0.39 is 5.54 Å². The number of methoxy groups -OCH3 is 1. The summed E-state index contributed by atoms with van der Waals surface area (Å²) in [4.78, 5) is 29.4. The van der Waals surface area contributed by atoms with Gasteiger partial charge >= 0.3 is 0 Å². The fourth-order valence-corrected chi connectivity index (χ4v) is 5.48. The van der Waals surface area contributed by atoms with Gasteiger partial charge in [-0.15, -0.1) is 0 Å². The van der Waals surface area contributed by atoms with Crippen molar-refractivity contribution in [2.24, 2.45) is 11.8 Å². The molecule has 1 fully saturated rings. The molecule has 0 unspecified atom stereocenters. The minimum atomic E-state index is -1.12. The average molecular weight is 450 g/mol. The molecular formula is C26H31N3O4. The summed E-state index contributed by atoms with van der Waals surface area (Å²) in [5.74, 6) is 1.20. The maximum absolute atomic E-state index is 14.0. The third-order valence-electron chi connectivity index (χ3n) is 7.73. The molecule has 3 aromatic rings. The Balaban J connectivity index is 1.59. The van der Waals surface area contributed by atoms with E-state index in [0.29, 0.717) is 41.1 Å². The van der Waals surface area contributed by atoms with E-state index in [0.717, 1.165) is 18.4 Å². The number of nitrogens with one attached hydrogen (secondary N) is 1. The molecule has 0 spiro atoms. The SMILES string of the molecule is COc1cccc(N2C(=O)c3cc4occc4n3C[C@]2(C)C(=O)N[C@@H]2CCC[C@H](C)[C@H]2C)c1. The summed E-state index contributed by atoms with van der Waals surface area (Å²) < 4.78 is 12.9. The smallest absolute Gasteiger partial charge is 0.276 e. The topological polar surface area (TPSA) is 76.7 Å². The Morgan fingerprint density at radius 1 is 1.21 bits per heavy atom. The Morgan fingerprint density at radius 2 is 2.03 bits per heavy atom. The highest BCUT2D eigenvalue weighted by atomic mass is 16.5. The van der Waals surface area contributed by atoms with Gasteiger partial charge in [-0.2, -0.15) is 0 Å². The Hall–Kier alpha value is -3.22. The summed E-state index contributed by atoms with van der Waals surface area (Å²) in [7, 11) is 1.59. The number of anilines is 1. The van der Waals surface area contributed by atoms with Gasteiger partial charge in [-0.3, -0.25) is 14.5 Å². The molecule has 174 valence electrons. The molecule has 1 N–H and O–H groups in total. The van der Waals surface area contributed by atoms with Crippen LogP contribution in [0.4, 0.5) is 5.69 Å². The zero-order chi connectivity index (χ0) is 23.3. The maximum Gasteiger partial charge on any atom is 0.276 e. The van der Waals surface area contributed by atoms with Crippen molar-refractivity contribution in [2.75, 3.05) is 12.0 Å². The highest BCUT2D eigenvalue weighted by molar-refractivity contribution is 6.13. The third kappa shape index (κ3) is 3.41. The second kappa shape index (κ2) is 7.97. The molecule has 33 heavy (non-hydrogen) atoms. The van der Waals surface area contributed by atoms with Crippen LogP contribution in [0, 0.1) is 11.8 Å². The lowest BCUT2D eigenvalue weighted by molar-refractivity contribution is -0.128. The quantitative estimate of drug-likeness (QED) is 0.631. The summed E-state index contributed by atoms with van der Waals surface area (Å²) in [6, 6.07) is 11.0. The molecule has 0 radical (unpaired) electrons. The van der Waals surface area contributed by atoms with Gasteiger partial charge in [0.2, 0.25) is 5.91 Å². The van der Waals surface area contributed by atoms with Crippen LogP contribution in [0.1, 0.15) is 50.5 Å². The Kier molecular flexibility index (Phi) is 5.22. The minimum Gasteiger partial charge on any atom is -0.497 e. The molecule has 0 bridgehead atoms. The molecule has 7 heteroatoms. The van der Waals surface area contributed by atoms with Crippen molar-refractivity contribution in [3.05, 3.63) is 48.4 Å². The van der Waals surface area contributed by atoms with Crippen LogP contribution in [0.25, 0.3) is 11.1 Å². The monoisotopic (exact) mass is 449 g/mol. The fraction of sp³-hybridized carbons (Fsp3) is 0.462. The predicted octanol–water partition coefficient (Wildman–Crippen LogP) is 4.60. The summed E-state index contributed by atoms with van der Waals surface area (Å²) in [5, 5.41) is 3.32. The van der Waals surface area contributed by atoms with Gasteiger partial charge in [0, 0.05) is 29.9 Å². The van der Waals surface area contributed by atoms with Gasteiger partial charge in [-0.1, -0.05) is 32.8 Å². The first-order valence-electron chi connectivity index (χ1n) is 11.7. The van der Waals surface area contributed by atoms with Crippen LogP contribution < -0.4 is 15.0 Å². The van der Waals surface area contributed by atoms with Gasteiger partial charge < -0.3 is 19.0 Å². The van der Waals surface area contributed by atoms with Crippen molar-refractivity contribution < 1.29 is 18.7 Å². The standard InChI is InChI=1S/C26H31N3O4/c1-16-7-5-10-20(17(16)2)27-25(31)26(3)15-28-21-11-12-33-23(21)14-22(28)24(30)29(26)18-8-6-9-19(13-18)32-4/h6,8-9,11-14,16-17,20H,5,7,10,15H2,1-4H3,(H,27,31)/t16-,17+,20+,26+/m0/s1. The number of furan rings is 1. The van der Waals surface area contributed by atoms with Gasteiger partial charge in [-0.05, 0) is 37.3 Å². The number of fused-ring (bicyclic) bond motifs is 3. The van der Waals surface area contributed by atoms with E-state index in [1.807, 2.05) is 35.8 Å². The number of carbonyl (C=O) groups is 2. The number of hydrogen-bond donors (Lipinski definition) is 1. The van der Waals surface area contributed by atoms with Gasteiger partial charge in [0.25, 0.3) is 5.91 Å². The van der Waals surface area contributed by atoms with Crippen molar-refractivity contribution >= 4 is 28.6 Å². The first-order chi connectivity index (χ1) is 15.8. The van der Waals surface area contributed by atoms with Crippen LogP contribution in [-0.2, 0) is 11.3 Å². The van der Waals surface area contributed by atoms with E-state index in [-0.39, 0.29) is 17.9 Å². The van der Waals surface area contributed by atoms with Crippen molar-refractivity contribution in [2.45, 2.75) is 58.2 Å². The molecule has 3 heterocycles.